The summed E-state index contributed by atoms with van der Waals surface area (Å²) < 4.78 is 8.34. The first kappa shape index (κ1) is 24.6. The summed E-state index contributed by atoms with van der Waals surface area (Å²) in [6.07, 6.45) is 0. The summed E-state index contributed by atoms with van der Waals surface area (Å²) in [5, 5.41) is 0. The van der Waals surface area contributed by atoms with Gasteiger partial charge in [-0.1, -0.05) is 0 Å². The molecular formula is HfInOSnZn. The summed E-state index contributed by atoms with van der Waals surface area (Å²) in [6, 6.07) is 0. The van der Waals surface area contributed by atoms with E-state index in [9.17, 15) is 0 Å². The van der Waals surface area contributed by atoms with Crippen LogP contribution in [0, 0.1) is 0 Å². The van der Waals surface area contributed by atoms with E-state index in [4.69, 9.17) is 3.08 Å². The zero-order chi connectivity index (χ0) is 2.00. The number of rotatable bonds is 0. The second-order valence-corrected chi connectivity index (χ2v) is 0. The second kappa shape index (κ2) is 28.2. The molecule has 0 bridgehead atoms. The molecular weight excluding hydrogens is 493 g/mol. The Bertz CT molecular complexity index is 11.6. The third-order valence-electron chi connectivity index (χ3n) is 0. The molecule has 0 atom stereocenters. The Labute approximate surface area is 94.8 Å². The maximum absolute atomic E-state index is 8.34. The van der Waals surface area contributed by atoms with Gasteiger partial charge in [-0.2, -0.15) is 0 Å². The van der Waals surface area contributed by atoms with Gasteiger partial charge in [-0.3, -0.25) is 0 Å². The van der Waals surface area contributed by atoms with Gasteiger partial charge < -0.3 is 0 Å². The quantitative estimate of drug-likeness (QED) is 0.401. The maximum atomic E-state index is 8.34. The average molecular weight is 493 g/mol. The Morgan fingerprint density at radius 2 is 1.20 bits per heavy atom. The molecule has 0 aliphatic rings. The molecule has 0 aliphatic carbocycles. The molecule has 5 heavy (non-hydrogen) atoms. The van der Waals surface area contributed by atoms with E-state index in [0.717, 1.165) is 0 Å². The van der Waals surface area contributed by atoms with Gasteiger partial charge in [0.25, 0.3) is 0 Å². The molecule has 5 radical (unpaired) electrons. The van der Waals surface area contributed by atoms with E-state index in [-0.39, 0.29) is 71.2 Å². The Balaban J connectivity index is -0.00000000167. The summed E-state index contributed by atoms with van der Waals surface area (Å²) in [5.41, 5.74) is 0. The summed E-state index contributed by atoms with van der Waals surface area (Å²) in [5.74, 6) is 0. The molecule has 1 nitrogen and oxygen atoms in total. The van der Waals surface area contributed by atoms with Crippen LogP contribution in [0.2, 0.25) is 0 Å². The summed E-state index contributed by atoms with van der Waals surface area (Å²) in [7, 11) is 0. The van der Waals surface area contributed by atoms with E-state index >= 15 is 0 Å². The van der Waals surface area contributed by atoms with Gasteiger partial charge in [0.1, 0.15) is 0 Å². The van der Waals surface area contributed by atoms with Crippen LogP contribution in [0.5, 0.6) is 0 Å². The zero-order valence-corrected chi connectivity index (χ0v) is 15.4. The SMILES string of the molecule is [Hf].[In].[O]=[Sn].[Zn]. The minimum Gasteiger partial charge on any atom is 0 e. The van der Waals surface area contributed by atoms with E-state index in [2.05, 4.69) is 0 Å². The summed E-state index contributed by atoms with van der Waals surface area (Å²) in [4.78, 5) is 0. The smallest absolute Gasteiger partial charge is 0 e. The van der Waals surface area contributed by atoms with Crippen molar-refractivity contribution in [2.45, 2.75) is 0 Å². The van der Waals surface area contributed by atoms with Gasteiger partial charge in [-0.05, 0) is 0 Å². The van der Waals surface area contributed by atoms with Gasteiger partial charge >= 0.3 is 25.6 Å². The van der Waals surface area contributed by atoms with Crippen molar-refractivity contribution < 1.29 is 48.4 Å². The van der Waals surface area contributed by atoms with Gasteiger partial charge in [0, 0.05) is 71.2 Å². The van der Waals surface area contributed by atoms with Gasteiger partial charge in [0.15, 0.2) is 0 Å². The van der Waals surface area contributed by atoms with Crippen LogP contribution in [0.4, 0.5) is 0 Å². The van der Waals surface area contributed by atoms with Crippen molar-refractivity contribution in [3.8, 4) is 0 Å². The third kappa shape index (κ3) is 19.5. The molecule has 0 aromatic heterocycles. The zero-order valence-electron chi connectivity index (χ0n) is 2.69. The van der Waals surface area contributed by atoms with Gasteiger partial charge in [0.05, 0.1) is 0 Å². The van der Waals surface area contributed by atoms with Crippen LogP contribution in [0.3, 0.4) is 0 Å². The monoisotopic (exact) mass is 495 g/mol. The molecule has 0 rings (SSSR count). The van der Waals surface area contributed by atoms with Gasteiger partial charge in [-0.25, -0.2) is 0 Å². The fraction of sp³-hybridized carbons (Fsp3) is 0. The molecule has 0 aromatic rings. The van der Waals surface area contributed by atoms with E-state index in [1.165, 1.54) is 0 Å². The topological polar surface area (TPSA) is 17.1 Å². The molecule has 0 unspecified atom stereocenters. The van der Waals surface area contributed by atoms with Crippen LogP contribution in [0.25, 0.3) is 0 Å². The standard InChI is InChI=1S/Hf.In.O.Sn.Zn. The largest absolute Gasteiger partial charge is 0 e. The predicted molar refractivity (Wildman–Crippen MR) is 12.2 cm³/mol. The van der Waals surface area contributed by atoms with Crippen molar-refractivity contribution in [3.63, 3.8) is 0 Å². The van der Waals surface area contributed by atoms with E-state index < -0.39 is 0 Å². The molecule has 0 heterocycles. The van der Waals surface area contributed by atoms with E-state index in [1.807, 2.05) is 0 Å². The first-order valence-corrected chi connectivity index (χ1v) is 1.37. The van der Waals surface area contributed by atoms with E-state index in [0.29, 0.717) is 22.5 Å². The van der Waals surface area contributed by atoms with Crippen molar-refractivity contribution in [3.05, 3.63) is 0 Å². The average Bonchev–Trinajstić information content (AvgIpc) is 1.00. The van der Waals surface area contributed by atoms with Crippen molar-refractivity contribution in [1.82, 2.24) is 0 Å². The molecule has 0 saturated heterocycles. The van der Waals surface area contributed by atoms with Crippen LogP contribution in [0.15, 0.2) is 0 Å². The molecule has 19 valence electrons. The van der Waals surface area contributed by atoms with Crippen molar-refractivity contribution in [1.29, 1.82) is 0 Å². The van der Waals surface area contributed by atoms with Crippen LogP contribution in [-0.4, -0.2) is 48.4 Å². The number of hydrogen-bond acceptors (Lipinski definition) is 1. The van der Waals surface area contributed by atoms with Crippen molar-refractivity contribution in [2.24, 2.45) is 0 Å². The fourth-order valence-corrected chi connectivity index (χ4v) is 0. The molecule has 5 heteroatoms. The minimum absolute atomic E-state index is 0. The Morgan fingerprint density at radius 3 is 1.20 bits per heavy atom. The molecule has 0 saturated carbocycles. The normalized spacial score (nSPS) is 0.800. The number of hydrogen-bond donors (Lipinski definition) is 0. The minimum atomic E-state index is 0. The molecule has 0 aliphatic heterocycles. The van der Waals surface area contributed by atoms with Gasteiger partial charge in [-0.15, -0.1) is 0 Å². The summed E-state index contributed by atoms with van der Waals surface area (Å²) in [6.45, 7) is 0. The Kier molecular flexibility index (Phi) is 139. The Morgan fingerprint density at radius 1 is 1.20 bits per heavy atom. The van der Waals surface area contributed by atoms with Crippen LogP contribution in [-0.2, 0) is 48.4 Å². The van der Waals surface area contributed by atoms with Crippen LogP contribution in [0.1, 0.15) is 0 Å². The van der Waals surface area contributed by atoms with Gasteiger partial charge in [0.2, 0.25) is 0 Å². The summed E-state index contributed by atoms with van der Waals surface area (Å²) >= 11 is 0.300. The Hall–Kier alpha value is 2.96. The second-order valence-electron chi connectivity index (χ2n) is 0. The molecule has 0 aromatic carbocycles. The molecule has 0 N–H and O–H groups in total. The van der Waals surface area contributed by atoms with Crippen LogP contribution >= 0.6 is 0 Å². The molecule has 0 amide bonds. The maximum Gasteiger partial charge on any atom is 0 e. The third-order valence-corrected chi connectivity index (χ3v) is 0. The fourth-order valence-electron chi connectivity index (χ4n) is 0. The first-order valence-electron chi connectivity index (χ1n) is 0.204. The van der Waals surface area contributed by atoms with Crippen LogP contribution < -0.4 is 0 Å². The molecule has 0 fully saturated rings. The molecule has 0 spiro atoms. The predicted octanol–water partition coefficient (Wildman–Crippen LogP) is -0.885. The van der Waals surface area contributed by atoms with Crippen molar-refractivity contribution >= 4 is 48.4 Å². The van der Waals surface area contributed by atoms with E-state index in [1.54, 1.807) is 0 Å². The van der Waals surface area contributed by atoms with Crippen molar-refractivity contribution in [2.75, 3.05) is 0 Å². The first-order chi connectivity index (χ1) is 1.00.